The Kier molecular flexibility index (Phi) is 5.32. The van der Waals surface area contributed by atoms with Crippen molar-refractivity contribution < 1.29 is 14.4 Å². The van der Waals surface area contributed by atoms with E-state index >= 15 is 0 Å². The molecule has 0 atom stereocenters. The van der Waals surface area contributed by atoms with Crippen LogP contribution in [0.5, 0.6) is 0 Å². The molecular weight excluding hydrogens is 356 g/mol. The Balaban J connectivity index is 1.38. The van der Waals surface area contributed by atoms with Gasteiger partial charge in [0.05, 0.1) is 0 Å². The van der Waals surface area contributed by atoms with Gasteiger partial charge in [-0.3, -0.25) is 25.2 Å². The van der Waals surface area contributed by atoms with Gasteiger partial charge in [0.25, 0.3) is 11.8 Å². The molecular formula is C21H26N4O3. The lowest BCUT2D eigenvalue weighted by Crippen LogP contribution is -2.47. The number of carbonyl (C=O) groups is 3. The third kappa shape index (κ3) is 3.88. The number of carbonyl (C=O) groups excluding carboxylic acids is 3. The second kappa shape index (κ2) is 8.04. The number of aromatic amines is 1. The van der Waals surface area contributed by atoms with Crippen LogP contribution in [0.4, 0.5) is 0 Å². The summed E-state index contributed by atoms with van der Waals surface area (Å²) >= 11 is 0. The first kappa shape index (κ1) is 18.5. The maximum Gasteiger partial charge on any atom is 0.269 e. The summed E-state index contributed by atoms with van der Waals surface area (Å²) in [6.07, 6.45) is 7.72. The summed E-state index contributed by atoms with van der Waals surface area (Å²) in [4.78, 5) is 41.6. The maximum atomic E-state index is 12.5. The molecule has 0 radical (unpaired) electrons. The van der Waals surface area contributed by atoms with Gasteiger partial charge in [-0.25, -0.2) is 0 Å². The fraction of sp³-hybridized carbons (Fsp3) is 0.476. The van der Waals surface area contributed by atoms with Gasteiger partial charge in [0.2, 0.25) is 5.91 Å². The number of amides is 3. The van der Waals surface area contributed by atoms with E-state index in [4.69, 9.17) is 0 Å². The minimum Gasteiger partial charge on any atom is -0.358 e. The van der Waals surface area contributed by atoms with E-state index in [0.29, 0.717) is 18.5 Å². The minimum absolute atomic E-state index is 0.00154. The Morgan fingerprint density at radius 2 is 1.82 bits per heavy atom. The van der Waals surface area contributed by atoms with E-state index in [2.05, 4.69) is 15.8 Å². The summed E-state index contributed by atoms with van der Waals surface area (Å²) in [6.45, 7) is 0.568. The summed E-state index contributed by atoms with van der Waals surface area (Å²) in [5.41, 5.74) is 9.03. The van der Waals surface area contributed by atoms with Crippen molar-refractivity contribution >= 4 is 28.6 Å². The number of fused-ring (bicyclic) bond motifs is 3. The number of rotatable bonds is 3. The van der Waals surface area contributed by atoms with Gasteiger partial charge in [-0.2, -0.15) is 0 Å². The molecule has 3 amide bonds. The van der Waals surface area contributed by atoms with Crippen LogP contribution in [0.2, 0.25) is 0 Å². The molecule has 2 heterocycles. The lowest BCUT2D eigenvalue weighted by molar-refractivity contribution is -0.135. The topological polar surface area (TPSA) is 94.3 Å². The van der Waals surface area contributed by atoms with Crippen molar-refractivity contribution in [3.63, 3.8) is 0 Å². The second-order valence-corrected chi connectivity index (χ2v) is 7.68. The van der Waals surface area contributed by atoms with Crippen LogP contribution in [0.25, 0.3) is 10.9 Å². The third-order valence-electron chi connectivity index (χ3n) is 5.68. The van der Waals surface area contributed by atoms with Gasteiger partial charge in [0, 0.05) is 35.1 Å². The fourth-order valence-corrected chi connectivity index (χ4v) is 4.16. The first-order chi connectivity index (χ1) is 13.6. The molecule has 28 heavy (non-hydrogen) atoms. The van der Waals surface area contributed by atoms with Crippen LogP contribution in [0.1, 0.15) is 60.1 Å². The van der Waals surface area contributed by atoms with E-state index < -0.39 is 0 Å². The molecule has 148 valence electrons. The minimum atomic E-state index is -0.385. The number of hydrazine groups is 1. The van der Waals surface area contributed by atoms with Crippen LogP contribution >= 0.6 is 0 Å². The zero-order valence-corrected chi connectivity index (χ0v) is 16.0. The first-order valence-electron chi connectivity index (χ1n) is 10.1. The van der Waals surface area contributed by atoms with Crippen LogP contribution in [0, 0.1) is 0 Å². The number of nitrogens with one attached hydrogen (secondary N) is 3. The molecule has 1 fully saturated rings. The molecule has 3 N–H and O–H groups in total. The van der Waals surface area contributed by atoms with Crippen LogP contribution in [-0.4, -0.2) is 40.7 Å². The van der Waals surface area contributed by atoms with Crippen LogP contribution in [-0.2, 0) is 22.4 Å². The summed E-state index contributed by atoms with van der Waals surface area (Å²) in [6, 6.07) is 5.56. The average molecular weight is 382 g/mol. The number of aromatic nitrogens is 1. The van der Waals surface area contributed by atoms with Crippen molar-refractivity contribution in [3.05, 3.63) is 35.0 Å². The largest absolute Gasteiger partial charge is 0.358 e. The fourth-order valence-electron chi connectivity index (χ4n) is 4.16. The number of likely N-dealkylation sites (tertiary alicyclic amines) is 1. The van der Waals surface area contributed by atoms with Gasteiger partial charge in [-0.15, -0.1) is 0 Å². The van der Waals surface area contributed by atoms with Crippen molar-refractivity contribution in [2.75, 3.05) is 13.1 Å². The molecule has 1 saturated heterocycles. The molecule has 2 aromatic rings. The highest BCUT2D eigenvalue weighted by Gasteiger charge is 2.20. The number of aryl methyl sites for hydroxylation is 2. The molecule has 7 nitrogen and oxygen atoms in total. The normalized spacial score (nSPS) is 17.1. The predicted molar refractivity (Wildman–Crippen MR) is 106 cm³/mol. The summed E-state index contributed by atoms with van der Waals surface area (Å²) in [5.74, 6) is -0.742. The average Bonchev–Trinajstić information content (AvgIpc) is 2.96. The predicted octanol–water partition coefficient (Wildman–Crippen LogP) is 2.21. The summed E-state index contributed by atoms with van der Waals surface area (Å²) in [5, 5.41) is 1.09. The summed E-state index contributed by atoms with van der Waals surface area (Å²) < 4.78 is 0. The maximum absolute atomic E-state index is 12.5. The number of hydrogen-bond acceptors (Lipinski definition) is 3. The Morgan fingerprint density at radius 3 is 2.71 bits per heavy atom. The molecule has 1 aromatic carbocycles. The van der Waals surface area contributed by atoms with E-state index in [1.54, 1.807) is 11.0 Å². The number of H-pyrrole nitrogens is 1. The molecule has 7 heteroatoms. The number of hydrogen-bond donors (Lipinski definition) is 3. The van der Waals surface area contributed by atoms with E-state index in [1.807, 2.05) is 12.1 Å². The Labute approximate surface area is 163 Å². The van der Waals surface area contributed by atoms with Crippen molar-refractivity contribution in [1.29, 1.82) is 0 Å². The molecule has 0 saturated carbocycles. The van der Waals surface area contributed by atoms with E-state index in [9.17, 15) is 14.4 Å². The SMILES string of the molecule is O=C(CN1CCCCCC1=O)NNC(=O)c1ccc2[nH]c3c(c2c1)CCCC3. The van der Waals surface area contributed by atoms with Gasteiger partial charge < -0.3 is 9.88 Å². The van der Waals surface area contributed by atoms with Gasteiger partial charge >= 0.3 is 0 Å². The first-order valence-corrected chi connectivity index (χ1v) is 10.1. The standard InChI is InChI=1S/C21H26N4O3/c26-19(13-25-11-5-1-2-8-20(25)27)23-24-21(28)14-9-10-18-16(12-14)15-6-3-4-7-17(15)22-18/h9-10,12,22H,1-8,11,13H2,(H,23,26)(H,24,28). The van der Waals surface area contributed by atoms with Crippen molar-refractivity contribution in [2.24, 2.45) is 0 Å². The highest BCUT2D eigenvalue weighted by Crippen LogP contribution is 2.29. The van der Waals surface area contributed by atoms with Gasteiger partial charge in [0.1, 0.15) is 6.54 Å². The quantitative estimate of drug-likeness (QED) is 0.711. The number of benzene rings is 1. The van der Waals surface area contributed by atoms with E-state index in [-0.39, 0.29) is 24.3 Å². The zero-order valence-electron chi connectivity index (χ0n) is 16.0. The summed E-state index contributed by atoms with van der Waals surface area (Å²) in [7, 11) is 0. The Bertz CT molecular complexity index is 918. The molecule has 1 aliphatic heterocycles. The van der Waals surface area contributed by atoms with Gasteiger partial charge in [-0.1, -0.05) is 6.42 Å². The van der Waals surface area contributed by atoms with Crippen LogP contribution in [0.15, 0.2) is 18.2 Å². The van der Waals surface area contributed by atoms with E-state index in [1.165, 1.54) is 24.1 Å². The van der Waals surface area contributed by atoms with Crippen LogP contribution in [0.3, 0.4) is 0 Å². The monoisotopic (exact) mass is 382 g/mol. The van der Waals surface area contributed by atoms with Crippen molar-refractivity contribution in [2.45, 2.75) is 51.4 Å². The van der Waals surface area contributed by atoms with Crippen molar-refractivity contribution in [3.8, 4) is 0 Å². The lowest BCUT2D eigenvalue weighted by Gasteiger charge is -2.19. The molecule has 0 spiro atoms. The molecule has 1 aliphatic carbocycles. The zero-order chi connectivity index (χ0) is 19.5. The van der Waals surface area contributed by atoms with Gasteiger partial charge in [0.15, 0.2) is 0 Å². The van der Waals surface area contributed by atoms with E-state index in [0.717, 1.165) is 43.0 Å². The highest BCUT2D eigenvalue weighted by atomic mass is 16.2. The van der Waals surface area contributed by atoms with Gasteiger partial charge in [-0.05, 0) is 62.3 Å². The highest BCUT2D eigenvalue weighted by molar-refractivity contribution is 6.00. The molecule has 0 unspecified atom stereocenters. The molecule has 1 aromatic heterocycles. The smallest absolute Gasteiger partial charge is 0.269 e. The number of nitrogens with zero attached hydrogens (tertiary/aromatic N) is 1. The van der Waals surface area contributed by atoms with Crippen molar-refractivity contribution in [1.82, 2.24) is 20.7 Å². The molecule has 4 rings (SSSR count). The third-order valence-corrected chi connectivity index (χ3v) is 5.68. The molecule has 2 aliphatic rings. The van der Waals surface area contributed by atoms with Crippen LogP contribution < -0.4 is 10.9 Å². The lowest BCUT2D eigenvalue weighted by atomic mass is 9.95. The molecule has 0 bridgehead atoms. The second-order valence-electron chi connectivity index (χ2n) is 7.68. The Hall–Kier alpha value is -2.83. The Morgan fingerprint density at radius 1 is 1.00 bits per heavy atom.